The fraction of sp³-hybridized carbons (Fsp3) is 0.600. The number of aliphatic hydroxyl groups is 1. The van der Waals surface area contributed by atoms with Crippen LogP contribution in [-0.2, 0) is 4.74 Å². The molecule has 0 aliphatic heterocycles. The van der Waals surface area contributed by atoms with Crippen LogP contribution in [0, 0.1) is 0 Å². The molecular weight excluding hydrogens is 226 g/mol. The van der Waals surface area contributed by atoms with Gasteiger partial charge in [-0.2, -0.15) is 0 Å². The van der Waals surface area contributed by atoms with Gasteiger partial charge in [0.1, 0.15) is 0 Å². The molecule has 1 unspecified atom stereocenters. The number of hydrogen-bond donors (Lipinski definition) is 1. The van der Waals surface area contributed by atoms with E-state index in [2.05, 4.69) is 4.90 Å². The number of rotatable bonds is 8. The summed E-state index contributed by atoms with van der Waals surface area (Å²) in [5.74, 6) is 0. The average molecular weight is 253 g/mol. The van der Waals surface area contributed by atoms with E-state index in [1.807, 2.05) is 52.2 Å². The molecule has 104 valence electrons. The Hall–Kier alpha value is -1.06. The van der Waals surface area contributed by atoms with E-state index in [1.165, 1.54) is 0 Å². The highest BCUT2D eigenvalue weighted by Gasteiger charge is 2.27. The van der Waals surface area contributed by atoms with Crippen molar-refractivity contribution in [3.63, 3.8) is 0 Å². The Morgan fingerprint density at radius 3 is 2.44 bits per heavy atom. The maximum Gasteiger partial charge on any atom is 0.0902 e. The normalized spacial score (nSPS) is 16.7. The van der Waals surface area contributed by atoms with Crippen LogP contribution in [0.4, 0.5) is 0 Å². The lowest BCUT2D eigenvalue weighted by atomic mass is 9.86. The molecule has 0 aliphatic rings. The SMILES string of the molecule is C\C=C(/C=C\C=C\OC)C(O)(CC)CCN(C)C. The molecule has 0 aromatic heterocycles. The Morgan fingerprint density at radius 1 is 1.33 bits per heavy atom. The second-order valence-corrected chi connectivity index (χ2v) is 4.61. The average Bonchev–Trinajstić information content (AvgIpc) is 2.36. The highest BCUT2D eigenvalue weighted by molar-refractivity contribution is 5.30. The highest BCUT2D eigenvalue weighted by atomic mass is 16.5. The molecule has 0 amide bonds. The summed E-state index contributed by atoms with van der Waals surface area (Å²) < 4.78 is 4.83. The van der Waals surface area contributed by atoms with Crippen molar-refractivity contribution >= 4 is 0 Å². The molecule has 18 heavy (non-hydrogen) atoms. The van der Waals surface area contributed by atoms with Crippen molar-refractivity contribution in [2.45, 2.75) is 32.3 Å². The minimum absolute atomic E-state index is 0.707. The minimum Gasteiger partial charge on any atom is -0.504 e. The highest BCUT2D eigenvalue weighted by Crippen LogP contribution is 2.26. The van der Waals surface area contributed by atoms with Gasteiger partial charge >= 0.3 is 0 Å². The van der Waals surface area contributed by atoms with Gasteiger partial charge < -0.3 is 14.7 Å². The first kappa shape index (κ1) is 16.9. The molecule has 0 spiro atoms. The van der Waals surface area contributed by atoms with E-state index in [0.29, 0.717) is 6.42 Å². The summed E-state index contributed by atoms with van der Waals surface area (Å²) in [5.41, 5.74) is 0.198. The number of allylic oxidation sites excluding steroid dienone is 3. The van der Waals surface area contributed by atoms with Crippen LogP contribution in [0.3, 0.4) is 0 Å². The second kappa shape index (κ2) is 8.95. The van der Waals surface area contributed by atoms with Crippen molar-refractivity contribution in [2.24, 2.45) is 0 Å². The first-order valence-corrected chi connectivity index (χ1v) is 6.40. The van der Waals surface area contributed by atoms with Crippen LogP contribution in [0.2, 0.25) is 0 Å². The van der Waals surface area contributed by atoms with E-state index in [9.17, 15) is 5.11 Å². The molecule has 3 heteroatoms. The van der Waals surface area contributed by atoms with Gasteiger partial charge in [0.15, 0.2) is 0 Å². The van der Waals surface area contributed by atoms with Crippen LogP contribution in [0.15, 0.2) is 36.1 Å². The Morgan fingerprint density at radius 2 is 2.00 bits per heavy atom. The molecule has 0 aromatic carbocycles. The zero-order chi connectivity index (χ0) is 14.0. The molecule has 0 saturated carbocycles. The Labute approximate surface area is 111 Å². The molecule has 0 heterocycles. The summed E-state index contributed by atoms with van der Waals surface area (Å²) in [5, 5.41) is 10.7. The third-order valence-corrected chi connectivity index (χ3v) is 3.01. The van der Waals surface area contributed by atoms with Gasteiger partial charge in [0.2, 0.25) is 0 Å². The van der Waals surface area contributed by atoms with E-state index < -0.39 is 5.60 Å². The molecule has 3 nitrogen and oxygen atoms in total. The van der Waals surface area contributed by atoms with Gasteiger partial charge in [-0.25, -0.2) is 0 Å². The summed E-state index contributed by atoms with van der Waals surface area (Å²) in [7, 11) is 5.64. The number of methoxy groups -OCH3 is 1. The molecule has 1 atom stereocenters. The molecule has 0 fully saturated rings. The van der Waals surface area contributed by atoms with Crippen LogP contribution in [0.1, 0.15) is 26.7 Å². The van der Waals surface area contributed by atoms with Crippen LogP contribution in [-0.4, -0.2) is 43.4 Å². The lowest BCUT2D eigenvalue weighted by Gasteiger charge is -2.29. The summed E-state index contributed by atoms with van der Waals surface area (Å²) in [6.45, 7) is 4.83. The fourth-order valence-electron chi connectivity index (χ4n) is 1.74. The standard InChI is InChI=1S/C15H27NO2/c1-6-14(10-8-9-13-18-5)15(17,7-2)11-12-16(3)4/h6,8-10,13,17H,7,11-12H2,1-5H3/b10-8-,13-9+,14-6+. The molecule has 1 N–H and O–H groups in total. The minimum atomic E-state index is -0.754. The van der Waals surface area contributed by atoms with Crippen molar-refractivity contribution in [1.82, 2.24) is 4.90 Å². The van der Waals surface area contributed by atoms with Gasteiger partial charge in [0, 0.05) is 6.54 Å². The smallest absolute Gasteiger partial charge is 0.0902 e. The van der Waals surface area contributed by atoms with E-state index in [0.717, 1.165) is 18.5 Å². The van der Waals surface area contributed by atoms with Gasteiger partial charge in [0.05, 0.1) is 19.0 Å². The predicted octanol–water partition coefficient (Wildman–Crippen LogP) is 2.74. The van der Waals surface area contributed by atoms with Crippen LogP contribution in [0.25, 0.3) is 0 Å². The molecule has 0 bridgehead atoms. The number of hydrogen-bond acceptors (Lipinski definition) is 3. The Kier molecular flexibility index (Phi) is 8.42. The summed E-state index contributed by atoms with van der Waals surface area (Å²) in [4.78, 5) is 2.09. The van der Waals surface area contributed by atoms with Crippen LogP contribution < -0.4 is 0 Å². The molecular formula is C15H27NO2. The predicted molar refractivity (Wildman–Crippen MR) is 77.5 cm³/mol. The van der Waals surface area contributed by atoms with E-state index >= 15 is 0 Å². The molecule has 0 aromatic rings. The van der Waals surface area contributed by atoms with Gasteiger partial charge in [-0.1, -0.05) is 25.2 Å². The third kappa shape index (κ3) is 6.03. The van der Waals surface area contributed by atoms with Gasteiger partial charge in [0.25, 0.3) is 0 Å². The molecule has 0 aliphatic carbocycles. The van der Waals surface area contributed by atoms with E-state index in [4.69, 9.17) is 4.74 Å². The van der Waals surface area contributed by atoms with E-state index in [-0.39, 0.29) is 0 Å². The molecule has 0 radical (unpaired) electrons. The van der Waals surface area contributed by atoms with Crippen molar-refractivity contribution in [2.75, 3.05) is 27.7 Å². The number of nitrogens with zero attached hydrogens (tertiary/aromatic N) is 1. The number of ether oxygens (including phenoxy) is 1. The lowest BCUT2D eigenvalue weighted by Crippen LogP contribution is -2.33. The largest absolute Gasteiger partial charge is 0.504 e. The summed E-state index contributed by atoms with van der Waals surface area (Å²) in [6.07, 6.45) is 10.6. The van der Waals surface area contributed by atoms with Crippen molar-refractivity contribution in [3.8, 4) is 0 Å². The first-order valence-electron chi connectivity index (χ1n) is 6.40. The Balaban J connectivity index is 4.76. The summed E-state index contributed by atoms with van der Waals surface area (Å²) >= 11 is 0. The summed E-state index contributed by atoms with van der Waals surface area (Å²) in [6, 6.07) is 0. The van der Waals surface area contributed by atoms with Crippen molar-refractivity contribution in [1.29, 1.82) is 0 Å². The quantitative estimate of drug-likeness (QED) is 0.533. The topological polar surface area (TPSA) is 32.7 Å². The van der Waals surface area contributed by atoms with Crippen LogP contribution in [0.5, 0.6) is 0 Å². The third-order valence-electron chi connectivity index (χ3n) is 3.01. The zero-order valence-electron chi connectivity index (χ0n) is 12.3. The Bertz CT molecular complexity index is 306. The monoisotopic (exact) mass is 253 g/mol. The van der Waals surface area contributed by atoms with Gasteiger partial charge in [-0.3, -0.25) is 0 Å². The van der Waals surface area contributed by atoms with E-state index in [1.54, 1.807) is 13.4 Å². The first-order chi connectivity index (χ1) is 8.50. The van der Waals surface area contributed by atoms with Crippen LogP contribution >= 0.6 is 0 Å². The van der Waals surface area contributed by atoms with Crippen molar-refractivity contribution < 1.29 is 9.84 Å². The fourth-order valence-corrected chi connectivity index (χ4v) is 1.74. The maximum atomic E-state index is 10.7. The lowest BCUT2D eigenvalue weighted by molar-refractivity contribution is 0.0607. The second-order valence-electron chi connectivity index (χ2n) is 4.61. The van der Waals surface area contributed by atoms with Crippen molar-refractivity contribution in [3.05, 3.63) is 36.1 Å². The maximum absolute atomic E-state index is 10.7. The van der Waals surface area contributed by atoms with Gasteiger partial charge in [-0.15, -0.1) is 0 Å². The molecule has 0 rings (SSSR count). The van der Waals surface area contributed by atoms with Gasteiger partial charge in [-0.05, 0) is 45.5 Å². The zero-order valence-corrected chi connectivity index (χ0v) is 12.3. The molecule has 0 saturated heterocycles.